The van der Waals surface area contributed by atoms with E-state index >= 15 is 0 Å². The molecule has 0 radical (unpaired) electrons. The number of rotatable bonds is 5. The summed E-state index contributed by atoms with van der Waals surface area (Å²) < 4.78 is 5.15. The molecule has 2 aromatic carbocycles. The summed E-state index contributed by atoms with van der Waals surface area (Å²) in [6.45, 7) is 3.34. The fourth-order valence-corrected chi connectivity index (χ4v) is 3.34. The number of carbonyl (C=O) groups excluding carboxylic acids is 2. The number of likely N-dealkylation sites (tertiary alicyclic amines) is 1. The lowest BCUT2D eigenvalue weighted by molar-refractivity contribution is -0.134. The molecule has 0 aromatic heterocycles. The highest BCUT2D eigenvalue weighted by molar-refractivity contribution is 5.94. The van der Waals surface area contributed by atoms with Gasteiger partial charge in [-0.2, -0.15) is 0 Å². The Morgan fingerprint density at radius 1 is 1.00 bits per heavy atom. The molecule has 3 rings (SSSR count). The first-order valence-electron chi connectivity index (χ1n) is 9.29. The van der Waals surface area contributed by atoms with E-state index in [1.165, 1.54) is 5.56 Å². The Hall–Kier alpha value is -2.62. The third kappa shape index (κ3) is 4.72. The molecule has 0 N–H and O–H groups in total. The van der Waals surface area contributed by atoms with Crippen LogP contribution in [0.4, 0.5) is 0 Å². The minimum Gasteiger partial charge on any atom is -0.427 e. The number of ether oxygens (including phenoxy) is 1. The van der Waals surface area contributed by atoms with E-state index in [-0.39, 0.29) is 11.9 Å². The van der Waals surface area contributed by atoms with Crippen LogP contribution in [0.2, 0.25) is 0 Å². The summed E-state index contributed by atoms with van der Waals surface area (Å²) in [7, 11) is 0. The zero-order valence-electron chi connectivity index (χ0n) is 15.2. The molecule has 1 aliphatic rings. The Morgan fingerprint density at radius 2 is 1.65 bits per heavy atom. The monoisotopic (exact) mass is 351 g/mol. The van der Waals surface area contributed by atoms with Crippen LogP contribution in [0.1, 0.15) is 42.1 Å². The van der Waals surface area contributed by atoms with Gasteiger partial charge in [-0.05, 0) is 55.0 Å². The van der Waals surface area contributed by atoms with E-state index in [1.807, 2.05) is 11.0 Å². The maximum atomic E-state index is 12.7. The summed E-state index contributed by atoms with van der Waals surface area (Å²) in [6, 6.07) is 17.4. The van der Waals surface area contributed by atoms with Gasteiger partial charge in [-0.1, -0.05) is 37.3 Å². The van der Waals surface area contributed by atoms with Gasteiger partial charge in [-0.25, -0.2) is 0 Å². The van der Waals surface area contributed by atoms with Gasteiger partial charge in [0.05, 0.1) is 0 Å². The van der Waals surface area contributed by atoms with Crippen LogP contribution in [0.3, 0.4) is 0 Å². The van der Waals surface area contributed by atoms with Crippen LogP contribution < -0.4 is 4.74 Å². The van der Waals surface area contributed by atoms with Crippen molar-refractivity contribution in [1.29, 1.82) is 0 Å². The third-order valence-electron chi connectivity index (χ3n) is 4.89. The maximum Gasteiger partial charge on any atom is 0.310 e. The first-order valence-corrected chi connectivity index (χ1v) is 9.29. The smallest absolute Gasteiger partial charge is 0.310 e. The third-order valence-corrected chi connectivity index (χ3v) is 4.89. The highest BCUT2D eigenvalue weighted by Gasteiger charge is 2.23. The fraction of sp³-hybridized carbons (Fsp3) is 0.364. The first-order chi connectivity index (χ1) is 12.7. The lowest BCUT2D eigenvalue weighted by Gasteiger charge is -2.32. The molecule has 0 saturated carbocycles. The summed E-state index contributed by atoms with van der Waals surface area (Å²) in [5.41, 5.74) is 2.01. The Bertz CT molecular complexity index is 732. The van der Waals surface area contributed by atoms with Crippen LogP contribution >= 0.6 is 0 Å². The Labute approximate surface area is 154 Å². The SMILES string of the molecule is CCC(=O)Oc1ccc(C(=O)N2CCC(Cc3ccccc3)CC2)cc1. The average Bonchev–Trinajstić information content (AvgIpc) is 2.69. The van der Waals surface area contributed by atoms with Crippen LogP contribution in [0.15, 0.2) is 54.6 Å². The maximum absolute atomic E-state index is 12.7. The normalized spacial score (nSPS) is 14.9. The molecule has 1 fully saturated rings. The van der Waals surface area contributed by atoms with Crippen LogP contribution in [0, 0.1) is 5.92 Å². The van der Waals surface area contributed by atoms with Gasteiger partial charge in [0.2, 0.25) is 0 Å². The molecular formula is C22H25NO3. The molecule has 1 aliphatic heterocycles. The van der Waals surface area contributed by atoms with Gasteiger partial charge in [0.25, 0.3) is 5.91 Å². The Balaban J connectivity index is 1.52. The van der Waals surface area contributed by atoms with Crippen LogP contribution in [-0.2, 0) is 11.2 Å². The highest BCUT2D eigenvalue weighted by atomic mass is 16.5. The Morgan fingerprint density at radius 3 is 2.27 bits per heavy atom. The molecular weight excluding hydrogens is 326 g/mol. The Kier molecular flexibility index (Phi) is 6.05. The average molecular weight is 351 g/mol. The molecule has 0 bridgehead atoms. The number of nitrogens with zero attached hydrogens (tertiary/aromatic N) is 1. The number of amides is 1. The number of esters is 1. The molecule has 1 saturated heterocycles. The summed E-state index contributed by atoms with van der Waals surface area (Å²) >= 11 is 0. The van der Waals surface area contributed by atoms with E-state index in [1.54, 1.807) is 31.2 Å². The lowest BCUT2D eigenvalue weighted by atomic mass is 9.90. The number of hydrogen-bond donors (Lipinski definition) is 0. The molecule has 4 heteroatoms. The number of benzene rings is 2. The topological polar surface area (TPSA) is 46.6 Å². The fourth-order valence-electron chi connectivity index (χ4n) is 3.34. The van der Waals surface area contributed by atoms with E-state index in [0.29, 0.717) is 23.7 Å². The van der Waals surface area contributed by atoms with Crippen LogP contribution in [0.25, 0.3) is 0 Å². The van der Waals surface area contributed by atoms with Crippen molar-refractivity contribution >= 4 is 11.9 Å². The molecule has 0 atom stereocenters. The lowest BCUT2D eigenvalue weighted by Crippen LogP contribution is -2.38. The van der Waals surface area contributed by atoms with Gasteiger partial charge in [0.1, 0.15) is 5.75 Å². The van der Waals surface area contributed by atoms with Crippen LogP contribution in [-0.4, -0.2) is 29.9 Å². The summed E-state index contributed by atoms with van der Waals surface area (Å²) in [5.74, 6) is 0.897. The predicted octanol–water partition coefficient (Wildman–Crippen LogP) is 4.10. The molecule has 1 heterocycles. The van der Waals surface area contributed by atoms with Crippen molar-refractivity contribution in [2.75, 3.05) is 13.1 Å². The van der Waals surface area contributed by atoms with E-state index in [9.17, 15) is 9.59 Å². The quantitative estimate of drug-likeness (QED) is 0.602. The van der Waals surface area contributed by atoms with Gasteiger partial charge in [0.15, 0.2) is 0 Å². The molecule has 4 nitrogen and oxygen atoms in total. The van der Waals surface area contributed by atoms with E-state index in [4.69, 9.17) is 4.74 Å². The number of hydrogen-bond acceptors (Lipinski definition) is 3. The van der Waals surface area contributed by atoms with E-state index in [0.717, 1.165) is 32.4 Å². The van der Waals surface area contributed by atoms with Crippen molar-refractivity contribution in [2.45, 2.75) is 32.6 Å². The van der Waals surface area contributed by atoms with E-state index < -0.39 is 0 Å². The van der Waals surface area contributed by atoms with Gasteiger partial charge in [-0.15, -0.1) is 0 Å². The molecule has 136 valence electrons. The minimum atomic E-state index is -0.274. The molecule has 0 aliphatic carbocycles. The van der Waals surface area contributed by atoms with Gasteiger partial charge >= 0.3 is 5.97 Å². The summed E-state index contributed by atoms with van der Waals surface area (Å²) in [4.78, 5) is 25.9. The van der Waals surface area contributed by atoms with Crippen molar-refractivity contribution in [2.24, 2.45) is 5.92 Å². The van der Waals surface area contributed by atoms with Gasteiger partial charge in [0, 0.05) is 25.1 Å². The zero-order chi connectivity index (χ0) is 18.4. The standard InChI is InChI=1S/C22H25NO3/c1-2-21(24)26-20-10-8-19(9-11-20)22(25)23-14-12-18(13-15-23)16-17-6-4-3-5-7-17/h3-11,18H,2,12-16H2,1H3. The first kappa shape index (κ1) is 18.2. The predicted molar refractivity (Wildman–Crippen MR) is 101 cm³/mol. The minimum absolute atomic E-state index is 0.0523. The molecule has 0 spiro atoms. The number of carbonyl (C=O) groups is 2. The van der Waals surface area contributed by atoms with Crippen molar-refractivity contribution in [3.63, 3.8) is 0 Å². The second-order valence-corrected chi connectivity index (χ2v) is 6.78. The second kappa shape index (κ2) is 8.65. The highest BCUT2D eigenvalue weighted by Crippen LogP contribution is 2.23. The summed E-state index contributed by atoms with van der Waals surface area (Å²) in [6.07, 6.45) is 3.48. The van der Waals surface area contributed by atoms with Gasteiger partial charge in [-0.3, -0.25) is 9.59 Å². The van der Waals surface area contributed by atoms with Crippen molar-refractivity contribution in [3.8, 4) is 5.75 Å². The number of piperidine rings is 1. The van der Waals surface area contributed by atoms with Crippen LogP contribution in [0.5, 0.6) is 5.75 Å². The van der Waals surface area contributed by atoms with Crippen molar-refractivity contribution in [3.05, 3.63) is 65.7 Å². The second-order valence-electron chi connectivity index (χ2n) is 6.78. The largest absolute Gasteiger partial charge is 0.427 e. The zero-order valence-corrected chi connectivity index (χ0v) is 15.2. The summed E-state index contributed by atoms with van der Waals surface area (Å²) in [5, 5.41) is 0. The molecule has 2 aromatic rings. The molecule has 0 unspecified atom stereocenters. The molecule has 1 amide bonds. The van der Waals surface area contributed by atoms with E-state index in [2.05, 4.69) is 24.3 Å². The van der Waals surface area contributed by atoms with Crippen molar-refractivity contribution < 1.29 is 14.3 Å². The molecule has 26 heavy (non-hydrogen) atoms. The van der Waals surface area contributed by atoms with Gasteiger partial charge < -0.3 is 9.64 Å². The van der Waals surface area contributed by atoms with Crippen molar-refractivity contribution in [1.82, 2.24) is 4.90 Å².